The van der Waals surface area contributed by atoms with Crippen LogP contribution in [0.2, 0.25) is 5.02 Å². The van der Waals surface area contributed by atoms with Crippen molar-refractivity contribution in [2.45, 2.75) is 25.9 Å². The van der Waals surface area contributed by atoms with E-state index >= 15 is 0 Å². The maximum Gasteiger partial charge on any atom is 0.0795 e. The van der Waals surface area contributed by atoms with Crippen molar-refractivity contribution >= 4 is 11.6 Å². The van der Waals surface area contributed by atoms with Crippen LogP contribution in [0.25, 0.3) is 0 Å². The minimum atomic E-state index is -0.412. The predicted molar refractivity (Wildman–Crippen MR) is 60.6 cm³/mol. The van der Waals surface area contributed by atoms with Crippen molar-refractivity contribution in [3.05, 3.63) is 47.0 Å². The molecule has 0 amide bonds. The average Bonchev–Trinajstić information content (AvgIpc) is 2.14. The maximum atomic E-state index is 9.83. The molecule has 0 bridgehead atoms. The van der Waals surface area contributed by atoms with Crippen LogP contribution < -0.4 is 0 Å². The van der Waals surface area contributed by atoms with Crippen LogP contribution in [0, 0.1) is 6.92 Å². The first-order valence-corrected chi connectivity index (χ1v) is 5.08. The van der Waals surface area contributed by atoms with E-state index in [1.807, 2.05) is 25.1 Å². The quantitative estimate of drug-likeness (QED) is 0.753. The summed E-state index contributed by atoms with van der Waals surface area (Å²) < 4.78 is 0. The summed E-state index contributed by atoms with van der Waals surface area (Å²) in [6.45, 7) is 5.59. The number of hydrogen-bond donors (Lipinski definition) is 1. The van der Waals surface area contributed by atoms with Gasteiger partial charge in [0, 0.05) is 5.02 Å². The highest BCUT2D eigenvalue weighted by Gasteiger charge is 2.09. The normalized spacial score (nSPS) is 12.5. The van der Waals surface area contributed by atoms with Crippen LogP contribution in [0.15, 0.2) is 30.9 Å². The summed E-state index contributed by atoms with van der Waals surface area (Å²) in [4.78, 5) is 0. The third-order valence-corrected chi connectivity index (χ3v) is 2.47. The number of allylic oxidation sites excluding steroid dienone is 1. The van der Waals surface area contributed by atoms with Crippen molar-refractivity contribution in [2.75, 3.05) is 0 Å². The zero-order valence-corrected chi connectivity index (χ0v) is 9.09. The van der Waals surface area contributed by atoms with Crippen LogP contribution in [-0.2, 0) is 0 Å². The largest absolute Gasteiger partial charge is 0.388 e. The van der Waals surface area contributed by atoms with Crippen LogP contribution in [0.5, 0.6) is 0 Å². The average molecular weight is 211 g/mol. The van der Waals surface area contributed by atoms with Crippen molar-refractivity contribution in [1.29, 1.82) is 0 Å². The van der Waals surface area contributed by atoms with Gasteiger partial charge >= 0.3 is 0 Å². The van der Waals surface area contributed by atoms with Crippen LogP contribution in [0.3, 0.4) is 0 Å². The molecule has 1 aromatic carbocycles. The molecule has 1 atom stereocenters. The van der Waals surface area contributed by atoms with Crippen molar-refractivity contribution in [3.63, 3.8) is 0 Å². The van der Waals surface area contributed by atoms with Gasteiger partial charge in [-0.25, -0.2) is 0 Å². The Bertz CT molecular complexity index is 320. The summed E-state index contributed by atoms with van der Waals surface area (Å²) in [5.74, 6) is 0. The van der Waals surface area contributed by atoms with Gasteiger partial charge < -0.3 is 5.11 Å². The van der Waals surface area contributed by atoms with Gasteiger partial charge in [0.1, 0.15) is 0 Å². The first kappa shape index (κ1) is 11.3. The Labute approximate surface area is 90.0 Å². The van der Waals surface area contributed by atoms with Crippen molar-refractivity contribution in [2.24, 2.45) is 0 Å². The highest BCUT2D eigenvalue weighted by Crippen LogP contribution is 2.24. The highest BCUT2D eigenvalue weighted by molar-refractivity contribution is 6.30. The lowest BCUT2D eigenvalue weighted by Gasteiger charge is -2.12. The Morgan fingerprint density at radius 3 is 2.86 bits per heavy atom. The van der Waals surface area contributed by atoms with Crippen molar-refractivity contribution in [3.8, 4) is 0 Å². The lowest BCUT2D eigenvalue weighted by molar-refractivity contribution is 0.168. The van der Waals surface area contributed by atoms with Crippen LogP contribution in [-0.4, -0.2) is 5.11 Å². The second kappa shape index (κ2) is 5.18. The molecule has 1 N–H and O–H groups in total. The molecule has 1 nitrogen and oxygen atoms in total. The number of aliphatic hydroxyl groups excluding tert-OH is 1. The van der Waals surface area contributed by atoms with Gasteiger partial charge in [0.15, 0.2) is 0 Å². The molecular formula is C12H15ClO. The third kappa shape index (κ3) is 2.86. The molecule has 1 rings (SSSR count). The number of halogens is 1. The summed E-state index contributed by atoms with van der Waals surface area (Å²) in [6, 6.07) is 5.56. The van der Waals surface area contributed by atoms with Gasteiger partial charge in [-0.05, 0) is 43.0 Å². The molecule has 1 aromatic rings. The first-order chi connectivity index (χ1) is 6.65. The van der Waals surface area contributed by atoms with E-state index < -0.39 is 6.10 Å². The molecule has 2 heteroatoms. The van der Waals surface area contributed by atoms with E-state index in [0.717, 1.165) is 17.5 Å². The van der Waals surface area contributed by atoms with E-state index in [1.165, 1.54) is 0 Å². The Morgan fingerprint density at radius 2 is 2.29 bits per heavy atom. The molecule has 0 aromatic heterocycles. The molecule has 1 unspecified atom stereocenters. The summed E-state index contributed by atoms with van der Waals surface area (Å²) in [6.07, 6.45) is 2.94. The Hall–Kier alpha value is -0.790. The van der Waals surface area contributed by atoms with E-state index in [1.54, 1.807) is 6.07 Å². The number of rotatable bonds is 4. The van der Waals surface area contributed by atoms with Crippen molar-refractivity contribution < 1.29 is 5.11 Å². The summed E-state index contributed by atoms with van der Waals surface area (Å²) >= 11 is 5.83. The van der Waals surface area contributed by atoms with Gasteiger partial charge in [0.05, 0.1) is 6.10 Å². The fraction of sp³-hybridized carbons (Fsp3) is 0.333. The van der Waals surface area contributed by atoms with Gasteiger partial charge in [-0.2, -0.15) is 0 Å². The second-order valence-corrected chi connectivity index (χ2v) is 3.82. The molecule has 0 spiro atoms. The standard InChI is InChI=1S/C12H15ClO/c1-3-4-5-12(14)11-7-6-10(13)8-9(11)2/h3,6-8,12,14H,1,4-5H2,2H3. The maximum absolute atomic E-state index is 9.83. The van der Waals surface area contributed by atoms with Gasteiger partial charge in [-0.3, -0.25) is 0 Å². The topological polar surface area (TPSA) is 20.2 Å². The van der Waals surface area contributed by atoms with E-state index in [-0.39, 0.29) is 0 Å². The van der Waals surface area contributed by atoms with Gasteiger partial charge in [0.2, 0.25) is 0 Å². The Morgan fingerprint density at radius 1 is 1.57 bits per heavy atom. The zero-order chi connectivity index (χ0) is 10.6. The molecule has 0 saturated carbocycles. The van der Waals surface area contributed by atoms with E-state index in [2.05, 4.69) is 6.58 Å². The minimum Gasteiger partial charge on any atom is -0.388 e. The molecular weight excluding hydrogens is 196 g/mol. The number of aliphatic hydroxyl groups is 1. The molecule has 76 valence electrons. The van der Waals surface area contributed by atoms with Gasteiger partial charge in [-0.15, -0.1) is 6.58 Å². The summed E-state index contributed by atoms with van der Waals surface area (Å²) in [5, 5.41) is 10.5. The Balaban J connectivity index is 2.78. The smallest absolute Gasteiger partial charge is 0.0795 e. The number of benzene rings is 1. The van der Waals surface area contributed by atoms with Crippen LogP contribution in [0.1, 0.15) is 30.1 Å². The Kier molecular flexibility index (Phi) is 4.18. The molecule has 0 radical (unpaired) electrons. The zero-order valence-electron chi connectivity index (χ0n) is 8.33. The number of hydrogen-bond acceptors (Lipinski definition) is 1. The predicted octanol–water partition coefficient (Wildman–Crippen LogP) is 3.65. The third-order valence-electron chi connectivity index (χ3n) is 2.24. The lowest BCUT2D eigenvalue weighted by atomic mass is 10.0. The molecule has 0 saturated heterocycles. The molecule has 0 aliphatic carbocycles. The van der Waals surface area contributed by atoms with E-state index in [0.29, 0.717) is 11.4 Å². The summed E-state index contributed by atoms with van der Waals surface area (Å²) in [7, 11) is 0. The molecule has 14 heavy (non-hydrogen) atoms. The van der Waals surface area contributed by atoms with Gasteiger partial charge in [0.25, 0.3) is 0 Å². The number of aryl methyl sites for hydroxylation is 1. The van der Waals surface area contributed by atoms with E-state index in [4.69, 9.17) is 11.6 Å². The minimum absolute atomic E-state index is 0.412. The monoisotopic (exact) mass is 210 g/mol. The lowest BCUT2D eigenvalue weighted by Crippen LogP contribution is -1.99. The highest BCUT2D eigenvalue weighted by atomic mass is 35.5. The SMILES string of the molecule is C=CCCC(O)c1ccc(Cl)cc1C. The molecule has 0 aliphatic rings. The summed E-state index contributed by atoms with van der Waals surface area (Å²) in [5.41, 5.74) is 1.99. The fourth-order valence-electron chi connectivity index (χ4n) is 1.44. The van der Waals surface area contributed by atoms with E-state index in [9.17, 15) is 5.11 Å². The molecule has 0 heterocycles. The fourth-order valence-corrected chi connectivity index (χ4v) is 1.67. The van der Waals surface area contributed by atoms with Crippen LogP contribution in [0.4, 0.5) is 0 Å². The van der Waals surface area contributed by atoms with Crippen LogP contribution >= 0.6 is 11.6 Å². The van der Waals surface area contributed by atoms with Crippen molar-refractivity contribution in [1.82, 2.24) is 0 Å². The van der Waals surface area contributed by atoms with Gasteiger partial charge in [-0.1, -0.05) is 23.7 Å². The molecule has 0 fully saturated rings. The second-order valence-electron chi connectivity index (χ2n) is 3.38. The first-order valence-electron chi connectivity index (χ1n) is 4.70. The molecule has 0 aliphatic heterocycles.